The second kappa shape index (κ2) is 23.5. The Morgan fingerprint density at radius 2 is 1.58 bits per heavy atom. The zero-order chi connectivity index (χ0) is 45.5. The molecule has 1 aromatic rings. The molecule has 20 heteroatoms. The summed E-state index contributed by atoms with van der Waals surface area (Å²) in [5.41, 5.74) is 0.714. The number of nitrogens with zero attached hydrogens (tertiary/aromatic N) is 2. The summed E-state index contributed by atoms with van der Waals surface area (Å²) >= 11 is 0. The molecule has 1 unspecified atom stereocenters. The van der Waals surface area contributed by atoms with E-state index < -0.39 is 77.5 Å². The van der Waals surface area contributed by atoms with E-state index in [0.29, 0.717) is 31.5 Å². The minimum atomic E-state index is -1.06. The predicted molar refractivity (Wildman–Crippen MR) is 226 cm³/mol. The number of hydrogen-bond donors (Lipinski definition) is 7. The van der Waals surface area contributed by atoms with Gasteiger partial charge in [0.25, 0.3) is 11.8 Å². The number of aliphatic imine (C=N–C) groups is 1. The topological polar surface area (TPSA) is 272 Å². The van der Waals surface area contributed by atoms with Gasteiger partial charge < -0.3 is 41.4 Å². The van der Waals surface area contributed by atoms with Crippen molar-refractivity contribution in [3.05, 3.63) is 29.3 Å². The largest absolute Gasteiger partial charge is 0.382 e. The second-order valence-corrected chi connectivity index (χ2v) is 16.4. The van der Waals surface area contributed by atoms with Gasteiger partial charge >= 0.3 is 0 Å². The fraction of sp³-hybridized carbons (Fsp3) is 0.619. The molecule has 4 rings (SSSR count). The molecule has 0 radical (unpaired) electrons. The Morgan fingerprint density at radius 1 is 0.855 bits per heavy atom. The number of imide groups is 2. The summed E-state index contributed by atoms with van der Waals surface area (Å²) in [6.07, 6.45) is 1.41. The smallest absolute Gasteiger partial charge is 0.264 e. The molecule has 0 spiro atoms. The first-order valence-electron chi connectivity index (χ1n) is 21.2. The number of nitrogens with one attached hydrogen (secondary N) is 7. The average molecular weight is 868 g/mol. The summed E-state index contributed by atoms with van der Waals surface area (Å²) in [6, 6.07) is 0.351. The van der Waals surface area contributed by atoms with Crippen molar-refractivity contribution >= 4 is 65.6 Å². The minimum absolute atomic E-state index is 0.0247. The van der Waals surface area contributed by atoms with Crippen LogP contribution in [0.4, 0.5) is 5.69 Å². The van der Waals surface area contributed by atoms with Crippen molar-refractivity contribution in [3.63, 3.8) is 0 Å². The van der Waals surface area contributed by atoms with Crippen LogP contribution >= 0.6 is 0 Å². The second-order valence-electron chi connectivity index (χ2n) is 16.4. The first-order chi connectivity index (χ1) is 29.5. The quantitative estimate of drug-likeness (QED) is 0.0383. The Balaban J connectivity index is 1.14. The normalized spacial score (nSPS) is 19.3. The maximum Gasteiger partial charge on any atom is 0.264 e. The molecule has 340 valence electrons. The van der Waals surface area contributed by atoms with Gasteiger partial charge in [0.15, 0.2) is 0 Å². The fourth-order valence-electron chi connectivity index (χ4n) is 7.41. The highest BCUT2D eigenvalue weighted by molar-refractivity contribution is 6.25. The third kappa shape index (κ3) is 13.6. The van der Waals surface area contributed by atoms with E-state index in [2.05, 4.69) is 48.9 Å². The van der Waals surface area contributed by atoms with E-state index >= 15 is 0 Å². The molecule has 7 N–H and O–H groups in total. The number of benzene rings is 1. The number of rotatable bonds is 25. The average Bonchev–Trinajstić information content (AvgIpc) is 3.73. The molecule has 3 heterocycles. The van der Waals surface area contributed by atoms with Gasteiger partial charge in [0.2, 0.25) is 41.4 Å². The van der Waals surface area contributed by atoms with Gasteiger partial charge in [0, 0.05) is 43.6 Å². The van der Waals surface area contributed by atoms with E-state index in [1.54, 1.807) is 26.0 Å². The van der Waals surface area contributed by atoms with E-state index in [9.17, 15) is 43.2 Å². The lowest BCUT2D eigenvalue weighted by atomic mass is 9.96. The van der Waals surface area contributed by atoms with Crippen molar-refractivity contribution in [2.45, 2.75) is 103 Å². The molecular formula is C42H61N9O11. The zero-order valence-electron chi connectivity index (χ0n) is 36.1. The van der Waals surface area contributed by atoms with Crippen LogP contribution in [0.25, 0.3) is 0 Å². The van der Waals surface area contributed by atoms with Crippen molar-refractivity contribution in [2.75, 3.05) is 51.4 Å². The summed E-state index contributed by atoms with van der Waals surface area (Å²) < 4.78 is 11.1. The summed E-state index contributed by atoms with van der Waals surface area (Å²) in [5.74, 6) is -5.01. The first-order valence-corrected chi connectivity index (χ1v) is 21.2. The minimum Gasteiger partial charge on any atom is -0.382 e. The van der Waals surface area contributed by atoms with Crippen LogP contribution < -0.4 is 37.2 Å². The van der Waals surface area contributed by atoms with Gasteiger partial charge in [-0.05, 0) is 63.3 Å². The summed E-state index contributed by atoms with van der Waals surface area (Å²) in [5, 5.41) is 19.1. The van der Waals surface area contributed by atoms with Gasteiger partial charge in [-0.25, -0.2) is 0 Å². The standard InChI is InChI=1S/C42H61N9O11/c1-23(2)20-30(38(56)47-27(22-43-6)21-26-12-14-45-37(26)55)48-40(58)35(24(3)4)50-36(54)25(5)46-33(53)13-16-61-18-19-62-17-15-44-29-9-7-8-28-34(29)42(60)51(41(28)59)31-10-11-32(52)49-39(31)57/h7-9,23-27,30-31,35,44H,6,10-22H2,1-5H3,(H,45,55)(H,46,53)(H,47,56)(H,48,58)(H,50,54)(H,49,52,57)/t25-,26-,27-,30-,31?,35-/m0/s1. The molecule has 0 aromatic heterocycles. The van der Waals surface area contributed by atoms with Crippen LogP contribution in [-0.4, -0.2) is 141 Å². The van der Waals surface area contributed by atoms with Gasteiger partial charge in [-0.15, -0.1) is 0 Å². The molecule has 1 aromatic carbocycles. The lowest BCUT2D eigenvalue weighted by molar-refractivity contribution is -0.136. The van der Waals surface area contributed by atoms with E-state index in [1.165, 1.54) is 13.0 Å². The highest BCUT2D eigenvalue weighted by atomic mass is 16.5. The maximum atomic E-state index is 13.5. The van der Waals surface area contributed by atoms with Crippen LogP contribution in [-0.2, 0) is 43.0 Å². The SMILES string of the molecule is C=NC[C@H](C[C@@H]1CCNC1=O)NC(=O)[C@H](CC(C)C)NC(=O)[C@@H](NC(=O)[C@H](C)NC(=O)CCOCCOCCNc1cccc2c1C(=O)N(C1CCC(=O)NC1=O)C2=O)C(C)C. The maximum absolute atomic E-state index is 13.5. The van der Waals surface area contributed by atoms with E-state index in [1.807, 2.05) is 13.8 Å². The number of hydrogen-bond acceptors (Lipinski definition) is 13. The third-order valence-corrected chi connectivity index (χ3v) is 10.7. The van der Waals surface area contributed by atoms with Crippen LogP contribution in [0.15, 0.2) is 23.2 Å². The summed E-state index contributed by atoms with van der Waals surface area (Å²) in [4.78, 5) is 120. The van der Waals surface area contributed by atoms with Crippen molar-refractivity contribution < 1.29 is 52.6 Å². The molecule has 9 amide bonds. The van der Waals surface area contributed by atoms with E-state index in [-0.39, 0.29) is 93.6 Å². The Kier molecular flexibility index (Phi) is 18.5. The summed E-state index contributed by atoms with van der Waals surface area (Å²) in [7, 11) is 0. The number of anilines is 1. The molecule has 6 atom stereocenters. The number of carbonyl (C=O) groups excluding carboxylic acids is 9. The predicted octanol–water partition coefficient (Wildman–Crippen LogP) is -0.189. The molecule has 2 saturated heterocycles. The lowest BCUT2D eigenvalue weighted by Gasteiger charge is -2.28. The van der Waals surface area contributed by atoms with Crippen LogP contribution in [0, 0.1) is 17.8 Å². The van der Waals surface area contributed by atoms with Crippen LogP contribution in [0.3, 0.4) is 0 Å². The van der Waals surface area contributed by atoms with Crippen molar-refractivity contribution in [3.8, 4) is 0 Å². The molecule has 20 nitrogen and oxygen atoms in total. The van der Waals surface area contributed by atoms with E-state index in [4.69, 9.17) is 9.47 Å². The number of piperidine rings is 1. The van der Waals surface area contributed by atoms with Gasteiger partial charge in [-0.1, -0.05) is 33.8 Å². The highest BCUT2D eigenvalue weighted by Crippen LogP contribution is 2.32. The monoisotopic (exact) mass is 867 g/mol. The number of ether oxygens (including phenoxy) is 2. The van der Waals surface area contributed by atoms with Gasteiger partial charge in [0.05, 0.1) is 44.1 Å². The van der Waals surface area contributed by atoms with Crippen LogP contribution in [0.2, 0.25) is 0 Å². The van der Waals surface area contributed by atoms with Crippen molar-refractivity contribution in [1.82, 2.24) is 36.8 Å². The summed E-state index contributed by atoms with van der Waals surface area (Å²) in [6.45, 7) is 14.1. The molecule has 62 heavy (non-hydrogen) atoms. The van der Waals surface area contributed by atoms with Crippen LogP contribution in [0.5, 0.6) is 0 Å². The highest BCUT2D eigenvalue weighted by Gasteiger charge is 2.45. The zero-order valence-corrected chi connectivity index (χ0v) is 36.1. The Bertz CT molecular complexity index is 1850. The molecule has 0 aliphatic carbocycles. The molecule has 0 bridgehead atoms. The molecule has 2 fully saturated rings. The molecular weight excluding hydrogens is 807 g/mol. The van der Waals surface area contributed by atoms with Gasteiger partial charge in [0.1, 0.15) is 24.2 Å². The first kappa shape index (κ1) is 48.9. The third-order valence-electron chi connectivity index (χ3n) is 10.7. The lowest BCUT2D eigenvalue weighted by Crippen LogP contribution is -2.58. The number of amides is 9. The van der Waals surface area contributed by atoms with Crippen molar-refractivity contribution in [1.29, 1.82) is 0 Å². The molecule has 0 saturated carbocycles. The van der Waals surface area contributed by atoms with Gasteiger partial charge in [-0.2, -0.15) is 0 Å². The Hall–Kier alpha value is -5.76. The van der Waals surface area contributed by atoms with Gasteiger partial charge in [-0.3, -0.25) is 58.4 Å². The Morgan fingerprint density at radius 3 is 2.23 bits per heavy atom. The van der Waals surface area contributed by atoms with Crippen LogP contribution in [0.1, 0.15) is 93.9 Å². The fourth-order valence-corrected chi connectivity index (χ4v) is 7.41. The van der Waals surface area contributed by atoms with Crippen molar-refractivity contribution in [2.24, 2.45) is 22.7 Å². The van der Waals surface area contributed by atoms with E-state index in [0.717, 1.165) is 4.90 Å². The molecule has 3 aliphatic rings. The molecule has 3 aliphatic heterocycles. The number of fused-ring (bicyclic) bond motifs is 1. The Labute approximate surface area is 361 Å². The number of carbonyl (C=O) groups is 9.